The number of ketones is 1. The van der Waals surface area contributed by atoms with Crippen molar-refractivity contribution in [1.82, 2.24) is 20.2 Å². The van der Waals surface area contributed by atoms with Crippen LogP contribution in [0, 0.1) is 17.7 Å². The molecule has 2 aliphatic rings. The zero-order chi connectivity index (χ0) is 26.5. The molecular formula is C30H37FN4O2. The molecule has 5 rings (SSSR count). The molecule has 1 fully saturated rings. The minimum absolute atomic E-state index is 0.0742. The lowest BCUT2D eigenvalue weighted by Gasteiger charge is -2.27. The maximum Gasteiger partial charge on any atom is 0.254 e. The molecule has 1 saturated carbocycles. The van der Waals surface area contributed by atoms with E-state index in [0.29, 0.717) is 18.2 Å². The summed E-state index contributed by atoms with van der Waals surface area (Å²) in [6, 6.07) is 17.3. The van der Waals surface area contributed by atoms with E-state index in [9.17, 15) is 14.0 Å². The van der Waals surface area contributed by atoms with Crippen LogP contribution >= 0.6 is 0 Å². The van der Waals surface area contributed by atoms with Gasteiger partial charge in [0.2, 0.25) is 0 Å². The molecule has 1 aliphatic heterocycles. The molecule has 1 aliphatic carbocycles. The van der Waals surface area contributed by atoms with Crippen LogP contribution in [0.3, 0.4) is 0 Å². The van der Waals surface area contributed by atoms with Crippen LogP contribution in [0.25, 0.3) is 0 Å². The second kappa shape index (κ2) is 15.0. The largest absolute Gasteiger partial charge is 0.334 e. The molecule has 0 radical (unpaired) electrons. The number of hydrogen-bond donors (Lipinski definition) is 1. The summed E-state index contributed by atoms with van der Waals surface area (Å²) in [4.78, 5) is 33.9. The van der Waals surface area contributed by atoms with Gasteiger partial charge in [-0.2, -0.15) is 0 Å². The van der Waals surface area contributed by atoms with Crippen LogP contribution in [0.5, 0.6) is 0 Å². The molecule has 0 spiro atoms. The molecule has 196 valence electrons. The van der Waals surface area contributed by atoms with Crippen molar-refractivity contribution in [2.24, 2.45) is 11.8 Å². The molecular weight excluding hydrogens is 467 g/mol. The van der Waals surface area contributed by atoms with Gasteiger partial charge in [-0.25, -0.2) is 14.4 Å². The number of rotatable bonds is 7. The monoisotopic (exact) mass is 504 g/mol. The molecule has 7 heteroatoms. The second-order valence-corrected chi connectivity index (χ2v) is 9.35. The Kier molecular flexibility index (Phi) is 11.4. The van der Waals surface area contributed by atoms with Crippen molar-refractivity contribution >= 4 is 11.7 Å². The fraction of sp³-hybridized carbons (Fsp3) is 0.400. The molecule has 2 aromatic carbocycles. The van der Waals surface area contributed by atoms with Gasteiger partial charge in [-0.15, -0.1) is 0 Å². The second-order valence-electron chi connectivity index (χ2n) is 9.35. The number of nitrogens with zero attached hydrogens (tertiary/aromatic N) is 3. The van der Waals surface area contributed by atoms with Crippen molar-refractivity contribution in [1.29, 1.82) is 0 Å². The van der Waals surface area contributed by atoms with E-state index in [1.165, 1.54) is 12.1 Å². The van der Waals surface area contributed by atoms with Gasteiger partial charge in [0, 0.05) is 48.7 Å². The minimum Gasteiger partial charge on any atom is -0.334 e. The lowest BCUT2D eigenvalue weighted by molar-refractivity contribution is -0.123. The summed E-state index contributed by atoms with van der Waals surface area (Å²) in [6.07, 6.45) is 7.45. The Morgan fingerprint density at radius 2 is 1.76 bits per heavy atom. The van der Waals surface area contributed by atoms with E-state index in [-0.39, 0.29) is 17.6 Å². The van der Waals surface area contributed by atoms with E-state index in [1.54, 1.807) is 30.7 Å². The van der Waals surface area contributed by atoms with Crippen molar-refractivity contribution in [3.8, 4) is 0 Å². The van der Waals surface area contributed by atoms with Crippen LogP contribution in [0.15, 0.2) is 73.2 Å². The van der Waals surface area contributed by atoms with Crippen LogP contribution in [-0.2, 0) is 17.8 Å². The maximum atomic E-state index is 12.3. The molecule has 6 nitrogen and oxygen atoms in total. The number of amides is 1. The number of fused-ring (bicyclic) bond motifs is 1. The molecule has 0 saturated heterocycles. The third kappa shape index (κ3) is 9.50. The van der Waals surface area contributed by atoms with E-state index in [2.05, 4.69) is 29.1 Å². The summed E-state index contributed by atoms with van der Waals surface area (Å²) >= 11 is 0. The smallest absolute Gasteiger partial charge is 0.254 e. The first-order chi connectivity index (χ1) is 18.0. The van der Waals surface area contributed by atoms with Gasteiger partial charge >= 0.3 is 0 Å². The van der Waals surface area contributed by atoms with Crippen molar-refractivity contribution in [3.05, 3.63) is 95.8 Å². The number of nitrogens with one attached hydrogen (secondary N) is 1. The molecule has 2 heterocycles. The number of halogens is 1. The number of benzene rings is 2. The lowest BCUT2D eigenvalue weighted by Crippen LogP contribution is -2.36. The number of carbonyl (C=O) groups is 2. The SMILES string of the molecule is CCNCCC(C)C(=O)C1CC1.Fc1ccccc1.O=C(c1ccccc1)N1CCc2ncncc2C1. The number of aromatic nitrogens is 2. The van der Waals surface area contributed by atoms with Gasteiger partial charge in [-0.05, 0) is 56.6 Å². The maximum absolute atomic E-state index is 12.3. The summed E-state index contributed by atoms with van der Waals surface area (Å²) in [6.45, 7) is 7.45. The zero-order valence-electron chi connectivity index (χ0n) is 21.8. The Bertz CT molecular complexity index is 1110. The van der Waals surface area contributed by atoms with Gasteiger partial charge in [-0.1, -0.05) is 50.2 Å². The quantitative estimate of drug-likeness (QED) is 0.453. The van der Waals surface area contributed by atoms with Gasteiger partial charge in [0.05, 0.1) is 5.69 Å². The highest BCUT2D eigenvalue weighted by atomic mass is 19.1. The average molecular weight is 505 g/mol. The summed E-state index contributed by atoms with van der Waals surface area (Å²) < 4.78 is 11.9. The number of Topliss-reactive ketones (excluding diaryl/α,β-unsaturated/α-hetero) is 1. The topological polar surface area (TPSA) is 75.2 Å². The molecule has 3 aromatic rings. The summed E-state index contributed by atoms with van der Waals surface area (Å²) in [5.74, 6) is 1.10. The fourth-order valence-corrected chi connectivity index (χ4v) is 4.03. The van der Waals surface area contributed by atoms with E-state index < -0.39 is 0 Å². The lowest BCUT2D eigenvalue weighted by atomic mass is 9.99. The Balaban J connectivity index is 0.000000172. The highest BCUT2D eigenvalue weighted by Gasteiger charge is 2.32. The van der Waals surface area contributed by atoms with Gasteiger partial charge in [0.15, 0.2) is 0 Å². The number of hydrogen-bond acceptors (Lipinski definition) is 5. The Morgan fingerprint density at radius 3 is 2.35 bits per heavy atom. The van der Waals surface area contributed by atoms with Gasteiger partial charge in [-0.3, -0.25) is 9.59 Å². The average Bonchev–Trinajstić information content (AvgIpc) is 3.79. The fourth-order valence-electron chi connectivity index (χ4n) is 4.03. The molecule has 1 atom stereocenters. The van der Waals surface area contributed by atoms with Crippen LogP contribution in [0.1, 0.15) is 54.7 Å². The van der Waals surface area contributed by atoms with Crippen molar-refractivity contribution in [2.45, 2.75) is 46.1 Å². The third-order valence-corrected chi connectivity index (χ3v) is 6.37. The highest BCUT2D eigenvalue weighted by Crippen LogP contribution is 2.32. The highest BCUT2D eigenvalue weighted by molar-refractivity contribution is 5.94. The van der Waals surface area contributed by atoms with Crippen LogP contribution in [-0.4, -0.2) is 46.2 Å². The van der Waals surface area contributed by atoms with Gasteiger partial charge in [0.1, 0.15) is 17.9 Å². The first-order valence-electron chi connectivity index (χ1n) is 13.1. The Hall–Kier alpha value is -3.45. The van der Waals surface area contributed by atoms with Crippen LogP contribution in [0.2, 0.25) is 0 Å². The molecule has 1 unspecified atom stereocenters. The first kappa shape index (κ1) is 28.1. The predicted octanol–water partition coefficient (Wildman–Crippen LogP) is 5.10. The van der Waals surface area contributed by atoms with E-state index in [4.69, 9.17) is 0 Å². The minimum atomic E-state index is -0.178. The predicted molar refractivity (Wildman–Crippen MR) is 143 cm³/mol. The third-order valence-electron chi connectivity index (χ3n) is 6.37. The molecule has 37 heavy (non-hydrogen) atoms. The van der Waals surface area contributed by atoms with Crippen LogP contribution < -0.4 is 5.32 Å². The van der Waals surface area contributed by atoms with E-state index in [1.807, 2.05) is 35.2 Å². The van der Waals surface area contributed by atoms with Crippen LogP contribution in [0.4, 0.5) is 4.39 Å². The molecule has 0 bridgehead atoms. The van der Waals surface area contributed by atoms with Crippen molar-refractivity contribution < 1.29 is 14.0 Å². The standard InChI is InChI=1S/C14H13N3O.C10H19NO.C6H5F/c18-14(11-4-2-1-3-5-11)17-7-6-13-12(9-17)8-15-10-16-13;1-3-11-7-6-8(2)10(12)9-4-5-9;7-6-4-2-1-3-5-6/h1-5,8,10H,6-7,9H2;8-9,11H,3-7H2,1-2H3;1-5H. The van der Waals surface area contributed by atoms with Crippen molar-refractivity contribution in [3.63, 3.8) is 0 Å². The number of carbonyl (C=O) groups excluding carboxylic acids is 2. The van der Waals surface area contributed by atoms with Gasteiger partial charge < -0.3 is 10.2 Å². The zero-order valence-corrected chi connectivity index (χ0v) is 21.8. The summed E-state index contributed by atoms with van der Waals surface area (Å²) in [5.41, 5.74) is 2.84. The van der Waals surface area contributed by atoms with Gasteiger partial charge in [0.25, 0.3) is 5.91 Å². The first-order valence-corrected chi connectivity index (χ1v) is 13.1. The normalized spacial score (nSPS) is 14.7. The molecule has 1 aromatic heterocycles. The Labute approximate surface area is 219 Å². The van der Waals surface area contributed by atoms with Crippen molar-refractivity contribution in [2.75, 3.05) is 19.6 Å². The summed E-state index contributed by atoms with van der Waals surface area (Å²) in [7, 11) is 0. The Morgan fingerprint density at radius 1 is 1.08 bits per heavy atom. The molecule has 1 amide bonds. The summed E-state index contributed by atoms with van der Waals surface area (Å²) in [5, 5.41) is 3.24. The van der Waals surface area contributed by atoms with E-state index in [0.717, 1.165) is 62.1 Å². The van der Waals surface area contributed by atoms with E-state index >= 15 is 0 Å². The molecule has 1 N–H and O–H groups in total.